The predicted molar refractivity (Wildman–Crippen MR) is 121 cm³/mol. The molecule has 2 atom stereocenters. The number of rotatable bonds is 8. The summed E-state index contributed by atoms with van der Waals surface area (Å²) in [6, 6.07) is 12.4. The van der Waals surface area contributed by atoms with E-state index in [2.05, 4.69) is 17.1 Å². The lowest BCUT2D eigenvalue weighted by molar-refractivity contribution is 0.0936. The average Bonchev–Trinajstić information content (AvgIpc) is 3.20. The van der Waals surface area contributed by atoms with E-state index in [1.165, 1.54) is 19.2 Å². The van der Waals surface area contributed by atoms with Gasteiger partial charge in [0.05, 0.1) is 23.6 Å². The standard InChI is InChI=1S/C23H31N3O4S/c1-4-26-12-8-11-19(26)13-18-14-20(31(24,28)29)15-21(22(18)30-3)23(27)25-16(2)17-9-6-5-7-10-17/h5-7,9-10,14-16,19H,4,8,11-13H2,1-3H3,(H,25,27)(H2,24,28,29). The maximum absolute atomic E-state index is 13.2. The molecule has 1 amide bonds. The lowest BCUT2D eigenvalue weighted by atomic mass is 9.99. The molecule has 1 heterocycles. The van der Waals surface area contributed by atoms with Crippen LogP contribution in [0.2, 0.25) is 0 Å². The number of carbonyl (C=O) groups is 1. The predicted octanol–water partition coefficient (Wildman–Crippen LogP) is 2.86. The summed E-state index contributed by atoms with van der Waals surface area (Å²) < 4.78 is 29.9. The highest BCUT2D eigenvalue weighted by Gasteiger charge is 2.28. The molecule has 3 rings (SSSR count). The Hall–Kier alpha value is -2.42. The van der Waals surface area contributed by atoms with Gasteiger partial charge in [0.1, 0.15) is 5.75 Å². The van der Waals surface area contributed by atoms with Crippen LogP contribution in [0.3, 0.4) is 0 Å². The van der Waals surface area contributed by atoms with Crippen molar-refractivity contribution >= 4 is 15.9 Å². The first-order valence-electron chi connectivity index (χ1n) is 10.6. The van der Waals surface area contributed by atoms with Crippen LogP contribution in [0.15, 0.2) is 47.4 Å². The number of likely N-dealkylation sites (N-methyl/N-ethyl adjacent to an activating group) is 1. The first kappa shape index (κ1) is 23.2. The zero-order valence-electron chi connectivity index (χ0n) is 18.3. The van der Waals surface area contributed by atoms with E-state index in [4.69, 9.17) is 9.88 Å². The van der Waals surface area contributed by atoms with E-state index in [9.17, 15) is 13.2 Å². The molecule has 0 aliphatic carbocycles. The first-order valence-corrected chi connectivity index (χ1v) is 12.1. The van der Waals surface area contributed by atoms with Crippen LogP contribution in [0.5, 0.6) is 5.75 Å². The number of amides is 1. The highest BCUT2D eigenvalue weighted by atomic mass is 32.2. The quantitative estimate of drug-likeness (QED) is 0.651. The number of hydrogen-bond acceptors (Lipinski definition) is 5. The van der Waals surface area contributed by atoms with Crippen molar-refractivity contribution in [1.82, 2.24) is 10.2 Å². The van der Waals surface area contributed by atoms with Crippen molar-refractivity contribution in [2.45, 2.75) is 50.1 Å². The molecule has 0 aromatic heterocycles. The van der Waals surface area contributed by atoms with Gasteiger partial charge in [-0.25, -0.2) is 13.6 Å². The van der Waals surface area contributed by atoms with Gasteiger partial charge in [-0.3, -0.25) is 4.79 Å². The number of benzene rings is 2. The number of sulfonamides is 1. The van der Waals surface area contributed by atoms with Crippen LogP contribution in [0.25, 0.3) is 0 Å². The number of hydrogen-bond donors (Lipinski definition) is 2. The van der Waals surface area contributed by atoms with Gasteiger partial charge in [0.2, 0.25) is 10.0 Å². The summed E-state index contributed by atoms with van der Waals surface area (Å²) in [5.41, 5.74) is 1.80. The lowest BCUT2D eigenvalue weighted by Gasteiger charge is -2.24. The lowest BCUT2D eigenvalue weighted by Crippen LogP contribution is -2.31. The summed E-state index contributed by atoms with van der Waals surface area (Å²) in [7, 11) is -2.49. The maximum atomic E-state index is 13.2. The Balaban J connectivity index is 1.98. The number of primary sulfonamides is 1. The SMILES string of the molecule is CCN1CCCC1Cc1cc(S(N)(=O)=O)cc(C(=O)NC(C)c2ccccc2)c1OC. The van der Waals surface area contributed by atoms with E-state index in [0.29, 0.717) is 17.7 Å². The molecule has 2 aromatic rings. The van der Waals surface area contributed by atoms with Crippen LogP contribution in [0, 0.1) is 0 Å². The molecule has 2 aromatic carbocycles. The van der Waals surface area contributed by atoms with Gasteiger partial charge >= 0.3 is 0 Å². The number of likely N-dealkylation sites (tertiary alicyclic amines) is 1. The van der Waals surface area contributed by atoms with Crippen molar-refractivity contribution in [2.75, 3.05) is 20.2 Å². The van der Waals surface area contributed by atoms with Crippen LogP contribution in [-0.4, -0.2) is 45.5 Å². The van der Waals surface area contributed by atoms with Crippen molar-refractivity contribution in [1.29, 1.82) is 0 Å². The highest BCUT2D eigenvalue weighted by molar-refractivity contribution is 7.89. The molecule has 7 nitrogen and oxygen atoms in total. The maximum Gasteiger partial charge on any atom is 0.255 e. The summed E-state index contributed by atoms with van der Waals surface area (Å²) >= 11 is 0. The number of carbonyl (C=O) groups excluding carboxylic acids is 1. The molecule has 8 heteroatoms. The Morgan fingerprint density at radius 1 is 1.29 bits per heavy atom. The molecule has 0 saturated carbocycles. The Kier molecular flexibility index (Phi) is 7.35. The number of ether oxygens (including phenoxy) is 1. The van der Waals surface area contributed by atoms with E-state index in [1.807, 2.05) is 37.3 Å². The van der Waals surface area contributed by atoms with Crippen LogP contribution < -0.4 is 15.2 Å². The normalized spacial score (nSPS) is 18.0. The third kappa shape index (κ3) is 5.44. The first-order chi connectivity index (χ1) is 14.7. The summed E-state index contributed by atoms with van der Waals surface area (Å²) in [5.74, 6) is -0.00756. The number of methoxy groups -OCH3 is 1. The van der Waals surface area contributed by atoms with Crippen LogP contribution in [0.4, 0.5) is 0 Å². The molecule has 0 bridgehead atoms. The molecule has 3 N–H and O–H groups in total. The van der Waals surface area contributed by atoms with Crippen molar-refractivity contribution in [2.24, 2.45) is 5.14 Å². The molecule has 1 fully saturated rings. The smallest absolute Gasteiger partial charge is 0.255 e. The Morgan fingerprint density at radius 2 is 2.00 bits per heavy atom. The molecule has 0 spiro atoms. The fraction of sp³-hybridized carbons (Fsp3) is 0.435. The molecular formula is C23H31N3O4S. The second kappa shape index (κ2) is 9.80. The second-order valence-corrected chi connectivity index (χ2v) is 9.50. The minimum Gasteiger partial charge on any atom is -0.496 e. The number of nitrogens with one attached hydrogen (secondary N) is 1. The molecule has 0 radical (unpaired) electrons. The van der Waals surface area contributed by atoms with Crippen LogP contribution in [0.1, 0.15) is 54.2 Å². The monoisotopic (exact) mass is 445 g/mol. The van der Waals surface area contributed by atoms with Gasteiger partial charge < -0.3 is 15.0 Å². The third-order valence-corrected chi connectivity index (χ3v) is 6.82. The van der Waals surface area contributed by atoms with E-state index < -0.39 is 15.9 Å². The zero-order chi connectivity index (χ0) is 22.6. The molecule has 1 saturated heterocycles. The Bertz CT molecular complexity index is 1020. The van der Waals surface area contributed by atoms with Crippen molar-refractivity contribution in [3.05, 3.63) is 59.2 Å². The van der Waals surface area contributed by atoms with Gasteiger partial charge in [0, 0.05) is 6.04 Å². The fourth-order valence-corrected chi connectivity index (χ4v) is 4.87. The Morgan fingerprint density at radius 3 is 2.61 bits per heavy atom. The second-order valence-electron chi connectivity index (χ2n) is 7.94. The molecule has 168 valence electrons. The molecular weight excluding hydrogens is 414 g/mol. The van der Waals surface area contributed by atoms with Crippen LogP contribution in [-0.2, 0) is 16.4 Å². The van der Waals surface area contributed by atoms with E-state index in [-0.39, 0.29) is 22.5 Å². The minimum atomic E-state index is -3.99. The van der Waals surface area contributed by atoms with Gasteiger partial charge in [-0.05, 0) is 62.5 Å². The van der Waals surface area contributed by atoms with Gasteiger partial charge in [-0.1, -0.05) is 37.3 Å². The summed E-state index contributed by atoms with van der Waals surface area (Å²) in [6.07, 6.45) is 2.70. The topological polar surface area (TPSA) is 102 Å². The van der Waals surface area contributed by atoms with Crippen molar-refractivity contribution < 1.29 is 17.9 Å². The summed E-state index contributed by atoms with van der Waals surface area (Å²) in [4.78, 5) is 15.4. The third-order valence-electron chi connectivity index (χ3n) is 5.92. The highest BCUT2D eigenvalue weighted by Crippen LogP contribution is 2.32. The number of nitrogens with two attached hydrogens (primary N) is 1. The minimum absolute atomic E-state index is 0.0816. The molecule has 31 heavy (non-hydrogen) atoms. The fourth-order valence-electron chi connectivity index (χ4n) is 4.28. The van der Waals surface area contributed by atoms with Crippen molar-refractivity contribution in [3.63, 3.8) is 0 Å². The van der Waals surface area contributed by atoms with Gasteiger partial charge in [0.15, 0.2) is 0 Å². The molecule has 1 aliphatic rings. The van der Waals surface area contributed by atoms with Crippen molar-refractivity contribution in [3.8, 4) is 5.75 Å². The van der Waals surface area contributed by atoms with E-state index >= 15 is 0 Å². The van der Waals surface area contributed by atoms with E-state index in [0.717, 1.165) is 31.5 Å². The Labute approximate surface area is 184 Å². The molecule has 1 aliphatic heterocycles. The summed E-state index contributed by atoms with van der Waals surface area (Å²) in [5, 5.41) is 8.37. The average molecular weight is 446 g/mol. The zero-order valence-corrected chi connectivity index (χ0v) is 19.1. The van der Waals surface area contributed by atoms with Gasteiger partial charge in [-0.2, -0.15) is 0 Å². The van der Waals surface area contributed by atoms with Crippen LogP contribution >= 0.6 is 0 Å². The largest absolute Gasteiger partial charge is 0.496 e. The number of nitrogens with zero attached hydrogens (tertiary/aromatic N) is 1. The summed E-state index contributed by atoms with van der Waals surface area (Å²) in [6.45, 7) is 5.92. The molecule has 2 unspecified atom stereocenters. The van der Waals surface area contributed by atoms with Gasteiger partial charge in [0.25, 0.3) is 5.91 Å². The van der Waals surface area contributed by atoms with Gasteiger partial charge in [-0.15, -0.1) is 0 Å². The van der Waals surface area contributed by atoms with E-state index in [1.54, 1.807) is 0 Å².